The van der Waals surface area contributed by atoms with E-state index in [1.807, 2.05) is 13.8 Å². The number of hydrazone groups is 2. The standard InChI is InChI=1S/C15H24ClN3O4/c1-7-10-12(15(4,5)13(20)22-6)11(8-2)18-19(17-10)14(21)23-9(3)16/h9,12H,7-8H2,1-6H3. The normalized spacial score (nSPS) is 17.3. The van der Waals surface area contributed by atoms with Gasteiger partial charge in [0, 0.05) is 0 Å². The maximum Gasteiger partial charge on any atom is 0.453 e. The number of carbonyl (C=O) groups excluding carboxylic acids is 2. The maximum absolute atomic E-state index is 12.2. The molecule has 1 aliphatic heterocycles. The van der Waals surface area contributed by atoms with Gasteiger partial charge >= 0.3 is 12.1 Å². The fourth-order valence-corrected chi connectivity index (χ4v) is 2.68. The molecule has 23 heavy (non-hydrogen) atoms. The molecule has 0 N–H and O–H groups in total. The first-order valence-electron chi connectivity index (χ1n) is 7.56. The fourth-order valence-electron chi connectivity index (χ4n) is 2.60. The van der Waals surface area contributed by atoms with E-state index in [1.165, 1.54) is 14.0 Å². The second-order valence-corrected chi connectivity index (χ2v) is 6.37. The van der Waals surface area contributed by atoms with Crippen LogP contribution in [0.2, 0.25) is 0 Å². The molecule has 0 spiro atoms. The van der Waals surface area contributed by atoms with Crippen molar-refractivity contribution in [2.24, 2.45) is 21.5 Å². The highest BCUT2D eigenvalue weighted by atomic mass is 35.5. The first-order chi connectivity index (χ1) is 10.7. The Morgan fingerprint density at radius 2 is 1.74 bits per heavy atom. The molecule has 130 valence electrons. The lowest BCUT2D eigenvalue weighted by atomic mass is 9.72. The van der Waals surface area contributed by atoms with E-state index in [9.17, 15) is 9.59 Å². The molecule has 1 atom stereocenters. The van der Waals surface area contributed by atoms with Gasteiger partial charge in [-0.05, 0) is 33.6 Å². The van der Waals surface area contributed by atoms with Gasteiger partial charge in [0.1, 0.15) is 0 Å². The molecule has 1 rings (SSSR count). The van der Waals surface area contributed by atoms with Gasteiger partial charge in [0.05, 0.1) is 29.9 Å². The minimum Gasteiger partial charge on any atom is -0.469 e. The summed E-state index contributed by atoms with van der Waals surface area (Å²) in [6.45, 7) is 8.92. The number of ether oxygens (including phenoxy) is 2. The molecule has 1 aliphatic rings. The van der Waals surface area contributed by atoms with E-state index in [4.69, 9.17) is 21.1 Å². The summed E-state index contributed by atoms with van der Waals surface area (Å²) in [6, 6.07) is 0. The largest absolute Gasteiger partial charge is 0.469 e. The summed E-state index contributed by atoms with van der Waals surface area (Å²) in [5.41, 5.74) is -0.279. The zero-order valence-corrected chi connectivity index (χ0v) is 15.2. The number of esters is 1. The Labute approximate surface area is 141 Å². The van der Waals surface area contributed by atoms with Crippen molar-refractivity contribution in [1.82, 2.24) is 5.12 Å². The lowest BCUT2D eigenvalue weighted by Gasteiger charge is -2.36. The monoisotopic (exact) mass is 345 g/mol. The van der Waals surface area contributed by atoms with E-state index in [2.05, 4.69) is 10.2 Å². The molecule has 1 unspecified atom stereocenters. The number of alkyl halides is 1. The summed E-state index contributed by atoms with van der Waals surface area (Å²) < 4.78 is 9.82. The predicted octanol–water partition coefficient (Wildman–Crippen LogP) is 3.37. The van der Waals surface area contributed by atoms with E-state index in [0.29, 0.717) is 24.3 Å². The number of rotatable bonds is 5. The summed E-state index contributed by atoms with van der Waals surface area (Å²) >= 11 is 5.67. The van der Waals surface area contributed by atoms with E-state index in [1.54, 1.807) is 13.8 Å². The van der Waals surface area contributed by atoms with Crippen molar-refractivity contribution in [3.05, 3.63) is 0 Å². The van der Waals surface area contributed by atoms with Crippen LogP contribution in [0.4, 0.5) is 4.79 Å². The van der Waals surface area contributed by atoms with Crippen molar-refractivity contribution in [2.75, 3.05) is 7.11 Å². The van der Waals surface area contributed by atoms with Crippen LogP contribution in [0.3, 0.4) is 0 Å². The van der Waals surface area contributed by atoms with Crippen molar-refractivity contribution in [1.29, 1.82) is 0 Å². The number of carbonyl (C=O) groups is 2. The maximum atomic E-state index is 12.2. The van der Waals surface area contributed by atoms with Gasteiger partial charge in [-0.15, -0.1) is 0 Å². The molecular formula is C15H24ClN3O4. The predicted molar refractivity (Wildman–Crippen MR) is 88.4 cm³/mol. The van der Waals surface area contributed by atoms with Crippen molar-refractivity contribution in [2.45, 2.75) is 53.0 Å². The van der Waals surface area contributed by atoms with E-state index in [-0.39, 0.29) is 11.9 Å². The Balaban J connectivity index is 3.23. The Kier molecular flexibility index (Phi) is 6.56. The van der Waals surface area contributed by atoms with Crippen LogP contribution in [0, 0.1) is 11.3 Å². The number of methoxy groups -OCH3 is 1. The van der Waals surface area contributed by atoms with E-state index in [0.717, 1.165) is 5.12 Å². The summed E-state index contributed by atoms with van der Waals surface area (Å²) in [5.74, 6) is -0.683. The molecule has 7 nitrogen and oxygen atoms in total. The van der Waals surface area contributed by atoms with Crippen LogP contribution in [0.25, 0.3) is 0 Å². The highest BCUT2D eigenvalue weighted by Crippen LogP contribution is 2.35. The minimum atomic E-state index is -0.839. The Hall–Kier alpha value is -1.63. The number of amides is 1. The molecule has 0 radical (unpaired) electrons. The zero-order chi connectivity index (χ0) is 17.8. The second-order valence-electron chi connectivity index (χ2n) is 5.75. The van der Waals surface area contributed by atoms with Gasteiger partial charge in [-0.2, -0.15) is 10.2 Å². The van der Waals surface area contributed by atoms with Gasteiger partial charge in [-0.25, -0.2) is 4.79 Å². The lowest BCUT2D eigenvalue weighted by molar-refractivity contribution is -0.151. The van der Waals surface area contributed by atoms with Gasteiger partial charge in [-0.3, -0.25) is 4.79 Å². The van der Waals surface area contributed by atoms with Crippen LogP contribution in [0.15, 0.2) is 10.2 Å². The average Bonchev–Trinajstić information content (AvgIpc) is 2.51. The van der Waals surface area contributed by atoms with Crippen LogP contribution in [0.5, 0.6) is 0 Å². The third kappa shape index (κ3) is 4.22. The third-order valence-corrected chi connectivity index (χ3v) is 3.79. The fraction of sp³-hybridized carbons (Fsp3) is 0.733. The molecular weight excluding hydrogens is 322 g/mol. The van der Waals surface area contributed by atoms with Crippen LogP contribution in [-0.4, -0.2) is 41.3 Å². The highest BCUT2D eigenvalue weighted by molar-refractivity contribution is 6.20. The SMILES string of the molecule is CCC1=NN(C(=O)OC(C)Cl)N=C(CC)C1C(C)(C)C(=O)OC. The molecule has 0 bridgehead atoms. The Morgan fingerprint density at radius 1 is 1.26 bits per heavy atom. The van der Waals surface area contributed by atoms with Gasteiger partial charge in [0.2, 0.25) is 0 Å². The summed E-state index contributed by atoms with van der Waals surface area (Å²) in [4.78, 5) is 24.2. The molecule has 0 saturated carbocycles. The van der Waals surface area contributed by atoms with Crippen molar-refractivity contribution in [3.63, 3.8) is 0 Å². The van der Waals surface area contributed by atoms with Crippen molar-refractivity contribution in [3.8, 4) is 0 Å². The van der Waals surface area contributed by atoms with Gasteiger partial charge < -0.3 is 9.47 Å². The van der Waals surface area contributed by atoms with E-state index >= 15 is 0 Å². The summed E-state index contributed by atoms with van der Waals surface area (Å²) in [6.07, 6.45) is 0.369. The number of halogens is 1. The molecule has 0 aromatic carbocycles. The van der Waals surface area contributed by atoms with Gasteiger partial charge in [0.15, 0.2) is 5.56 Å². The molecule has 1 amide bonds. The highest BCUT2D eigenvalue weighted by Gasteiger charge is 2.45. The summed E-state index contributed by atoms with van der Waals surface area (Å²) in [5, 5.41) is 9.38. The van der Waals surface area contributed by atoms with Crippen LogP contribution >= 0.6 is 11.6 Å². The van der Waals surface area contributed by atoms with E-state index < -0.39 is 17.1 Å². The molecule has 0 aromatic rings. The van der Waals surface area contributed by atoms with Crippen LogP contribution < -0.4 is 0 Å². The lowest BCUT2D eigenvalue weighted by Crippen LogP contribution is -2.47. The molecule has 0 fully saturated rings. The Bertz CT molecular complexity index is 507. The summed E-state index contributed by atoms with van der Waals surface area (Å²) in [7, 11) is 1.35. The second kappa shape index (κ2) is 7.77. The number of hydrogen-bond donors (Lipinski definition) is 0. The third-order valence-electron chi connectivity index (χ3n) is 3.70. The average molecular weight is 346 g/mol. The van der Waals surface area contributed by atoms with Crippen molar-refractivity contribution < 1.29 is 19.1 Å². The molecule has 0 aliphatic carbocycles. The van der Waals surface area contributed by atoms with Crippen LogP contribution in [0.1, 0.15) is 47.5 Å². The Morgan fingerprint density at radius 3 is 2.09 bits per heavy atom. The number of hydrogen-bond acceptors (Lipinski definition) is 6. The van der Waals surface area contributed by atoms with Gasteiger partial charge in [-0.1, -0.05) is 30.6 Å². The minimum absolute atomic E-state index is 0.331. The molecule has 8 heteroatoms. The number of nitrogens with zero attached hydrogens (tertiary/aromatic N) is 3. The molecule has 0 saturated heterocycles. The van der Waals surface area contributed by atoms with Crippen LogP contribution in [-0.2, 0) is 14.3 Å². The smallest absolute Gasteiger partial charge is 0.453 e. The zero-order valence-electron chi connectivity index (χ0n) is 14.4. The quantitative estimate of drug-likeness (QED) is 0.565. The van der Waals surface area contributed by atoms with Crippen molar-refractivity contribution >= 4 is 35.1 Å². The molecule has 0 aromatic heterocycles. The van der Waals surface area contributed by atoms with Gasteiger partial charge in [0.25, 0.3) is 0 Å². The first-order valence-corrected chi connectivity index (χ1v) is 8.00. The first kappa shape index (κ1) is 19.4. The molecule has 1 heterocycles. The topological polar surface area (TPSA) is 80.6 Å².